The maximum absolute atomic E-state index is 11.7. The number of rotatable bonds is 3. The minimum absolute atomic E-state index is 0.295. The van der Waals surface area contributed by atoms with Crippen molar-refractivity contribution in [1.82, 2.24) is 19.9 Å². The fourth-order valence-corrected chi connectivity index (χ4v) is 1.92. The number of aromatic nitrogens is 3. The molecule has 1 aliphatic carbocycles. The number of nitrogens with zero attached hydrogens (tertiary/aromatic N) is 4. The summed E-state index contributed by atoms with van der Waals surface area (Å²) in [7, 11) is 0. The summed E-state index contributed by atoms with van der Waals surface area (Å²) in [6, 6.07) is 0.295. The average molecular weight is 206 g/mol. The van der Waals surface area contributed by atoms with Crippen molar-refractivity contribution in [2.24, 2.45) is 5.92 Å². The Morgan fingerprint density at radius 2 is 1.93 bits per heavy atom. The van der Waals surface area contributed by atoms with Crippen LogP contribution in [0.2, 0.25) is 0 Å². The summed E-state index contributed by atoms with van der Waals surface area (Å²) in [5, 5.41) is 8.15. The quantitative estimate of drug-likeness (QED) is 0.722. The van der Waals surface area contributed by atoms with Gasteiger partial charge in [-0.3, -0.25) is 4.79 Å². The van der Waals surface area contributed by atoms with Gasteiger partial charge in [0.2, 0.25) is 5.91 Å². The molecule has 1 saturated heterocycles. The third-order valence-electron chi connectivity index (χ3n) is 3.14. The Kier molecular flexibility index (Phi) is 1.97. The van der Waals surface area contributed by atoms with Crippen molar-refractivity contribution in [3.05, 3.63) is 12.4 Å². The third kappa shape index (κ3) is 1.73. The topological polar surface area (TPSA) is 51.0 Å². The number of hydrogen-bond donors (Lipinski definition) is 0. The zero-order chi connectivity index (χ0) is 10.3. The van der Waals surface area contributed by atoms with Gasteiger partial charge in [-0.2, -0.15) is 15.0 Å². The van der Waals surface area contributed by atoms with E-state index >= 15 is 0 Å². The van der Waals surface area contributed by atoms with Crippen molar-refractivity contribution in [3.8, 4) is 0 Å². The van der Waals surface area contributed by atoms with Gasteiger partial charge in [0, 0.05) is 19.5 Å². The maximum atomic E-state index is 11.7. The number of carbonyl (C=O) groups excluding carboxylic acids is 1. The molecule has 0 spiro atoms. The predicted octanol–water partition coefficient (Wildman–Crippen LogP) is 0.462. The van der Waals surface area contributed by atoms with E-state index in [1.807, 2.05) is 4.90 Å². The van der Waals surface area contributed by atoms with Crippen molar-refractivity contribution in [3.63, 3.8) is 0 Å². The Hall–Kier alpha value is -1.39. The van der Waals surface area contributed by atoms with Crippen LogP contribution in [-0.4, -0.2) is 38.9 Å². The molecule has 2 aliphatic rings. The second-order valence-corrected chi connectivity index (χ2v) is 4.45. The molecule has 5 nitrogen and oxygen atoms in total. The first-order chi connectivity index (χ1) is 7.33. The molecule has 2 heterocycles. The van der Waals surface area contributed by atoms with Crippen molar-refractivity contribution in [2.45, 2.75) is 25.3 Å². The molecular formula is C10H14N4O. The number of carbonyl (C=O) groups is 1. The van der Waals surface area contributed by atoms with Crippen LogP contribution < -0.4 is 0 Å². The largest absolute Gasteiger partial charge is 0.338 e. The fraction of sp³-hybridized carbons (Fsp3) is 0.700. The lowest BCUT2D eigenvalue weighted by Crippen LogP contribution is -2.51. The van der Waals surface area contributed by atoms with Crippen LogP contribution >= 0.6 is 0 Å². The molecule has 0 bridgehead atoms. The van der Waals surface area contributed by atoms with Gasteiger partial charge in [-0.25, -0.2) is 0 Å². The summed E-state index contributed by atoms with van der Waals surface area (Å²) in [5.74, 6) is 0.986. The molecule has 1 aromatic heterocycles. The van der Waals surface area contributed by atoms with Crippen LogP contribution in [0.5, 0.6) is 0 Å². The summed E-state index contributed by atoms with van der Waals surface area (Å²) in [6.45, 7) is 1.56. The van der Waals surface area contributed by atoms with Gasteiger partial charge in [-0.15, -0.1) is 0 Å². The van der Waals surface area contributed by atoms with E-state index in [1.54, 1.807) is 17.2 Å². The summed E-state index contributed by atoms with van der Waals surface area (Å²) < 4.78 is 0. The van der Waals surface area contributed by atoms with E-state index in [4.69, 9.17) is 0 Å². The molecule has 0 aromatic carbocycles. The lowest BCUT2D eigenvalue weighted by molar-refractivity contribution is -0.137. The summed E-state index contributed by atoms with van der Waals surface area (Å²) in [6.07, 6.45) is 6.58. The van der Waals surface area contributed by atoms with E-state index in [-0.39, 0.29) is 0 Å². The molecule has 1 amide bonds. The Balaban J connectivity index is 1.50. The highest BCUT2D eigenvalue weighted by Crippen LogP contribution is 2.34. The summed E-state index contributed by atoms with van der Waals surface area (Å²) >= 11 is 0. The smallest absolute Gasteiger partial charge is 0.222 e. The van der Waals surface area contributed by atoms with Crippen molar-refractivity contribution >= 4 is 5.91 Å². The third-order valence-corrected chi connectivity index (χ3v) is 3.14. The van der Waals surface area contributed by atoms with E-state index < -0.39 is 0 Å². The number of likely N-dealkylation sites (tertiary alicyclic amines) is 1. The van der Waals surface area contributed by atoms with Crippen LogP contribution in [-0.2, 0) is 4.79 Å². The van der Waals surface area contributed by atoms with Gasteiger partial charge in [0.25, 0.3) is 0 Å². The van der Waals surface area contributed by atoms with E-state index in [0.717, 1.165) is 19.5 Å². The Labute approximate surface area is 88.1 Å². The highest BCUT2D eigenvalue weighted by atomic mass is 16.2. The van der Waals surface area contributed by atoms with Gasteiger partial charge >= 0.3 is 0 Å². The molecule has 0 N–H and O–H groups in total. The van der Waals surface area contributed by atoms with Gasteiger partial charge in [0.15, 0.2) is 0 Å². The van der Waals surface area contributed by atoms with Gasteiger partial charge in [-0.05, 0) is 18.8 Å². The minimum atomic E-state index is 0.295. The van der Waals surface area contributed by atoms with Crippen LogP contribution in [0.4, 0.5) is 0 Å². The first kappa shape index (κ1) is 8.88. The molecule has 0 radical (unpaired) electrons. The molecular weight excluding hydrogens is 192 g/mol. The molecule has 0 unspecified atom stereocenters. The maximum Gasteiger partial charge on any atom is 0.222 e. The van der Waals surface area contributed by atoms with Crippen LogP contribution in [0.3, 0.4) is 0 Å². The highest BCUT2D eigenvalue weighted by molar-refractivity contribution is 5.77. The number of amides is 1. The predicted molar refractivity (Wildman–Crippen MR) is 53.0 cm³/mol. The molecule has 1 aromatic rings. The SMILES string of the molecule is O=C(CC1CC1)N1CC(n2nccn2)C1. The molecule has 5 heteroatoms. The Morgan fingerprint density at radius 1 is 1.27 bits per heavy atom. The van der Waals surface area contributed by atoms with Crippen LogP contribution in [0, 0.1) is 5.92 Å². The first-order valence-electron chi connectivity index (χ1n) is 5.46. The van der Waals surface area contributed by atoms with Gasteiger partial charge in [0.1, 0.15) is 6.04 Å². The first-order valence-corrected chi connectivity index (χ1v) is 5.46. The second-order valence-electron chi connectivity index (χ2n) is 4.45. The molecule has 1 aliphatic heterocycles. The lowest BCUT2D eigenvalue weighted by Gasteiger charge is -2.38. The molecule has 80 valence electrons. The molecule has 1 saturated carbocycles. The van der Waals surface area contributed by atoms with Gasteiger partial charge in [0.05, 0.1) is 12.4 Å². The minimum Gasteiger partial charge on any atom is -0.338 e. The van der Waals surface area contributed by atoms with E-state index in [2.05, 4.69) is 10.2 Å². The van der Waals surface area contributed by atoms with Crippen molar-refractivity contribution < 1.29 is 4.79 Å². The normalized spacial score (nSPS) is 21.5. The standard InChI is InChI=1S/C10H14N4O/c15-10(5-8-1-2-8)13-6-9(7-13)14-11-3-4-12-14/h3-4,8-9H,1-2,5-7H2. The Morgan fingerprint density at radius 3 is 2.53 bits per heavy atom. The second kappa shape index (κ2) is 3.32. The Bertz CT molecular complexity index is 352. The molecule has 3 rings (SSSR count). The monoisotopic (exact) mass is 206 g/mol. The average Bonchev–Trinajstić information content (AvgIpc) is 2.79. The van der Waals surface area contributed by atoms with E-state index in [1.165, 1.54) is 12.8 Å². The lowest BCUT2D eigenvalue weighted by atomic mass is 10.1. The summed E-state index contributed by atoms with van der Waals surface area (Å²) in [5.41, 5.74) is 0. The highest BCUT2D eigenvalue weighted by Gasteiger charge is 2.35. The van der Waals surface area contributed by atoms with Crippen LogP contribution in [0.15, 0.2) is 12.4 Å². The summed E-state index contributed by atoms with van der Waals surface area (Å²) in [4.78, 5) is 15.3. The van der Waals surface area contributed by atoms with E-state index in [0.29, 0.717) is 17.9 Å². The van der Waals surface area contributed by atoms with Gasteiger partial charge < -0.3 is 4.90 Å². The van der Waals surface area contributed by atoms with Crippen molar-refractivity contribution in [1.29, 1.82) is 0 Å². The van der Waals surface area contributed by atoms with E-state index in [9.17, 15) is 4.79 Å². The fourth-order valence-electron chi connectivity index (χ4n) is 1.92. The zero-order valence-corrected chi connectivity index (χ0v) is 8.54. The van der Waals surface area contributed by atoms with Crippen LogP contribution in [0.25, 0.3) is 0 Å². The number of hydrogen-bond acceptors (Lipinski definition) is 3. The molecule has 0 atom stereocenters. The van der Waals surface area contributed by atoms with Crippen molar-refractivity contribution in [2.75, 3.05) is 13.1 Å². The van der Waals surface area contributed by atoms with Gasteiger partial charge in [-0.1, -0.05) is 0 Å². The van der Waals surface area contributed by atoms with Crippen LogP contribution in [0.1, 0.15) is 25.3 Å². The zero-order valence-electron chi connectivity index (χ0n) is 8.54. The molecule has 15 heavy (non-hydrogen) atoms. The molecule has 2 fully saturated rings.